The monoisotopic (exact) mass is 293 g/mol. The molecule has 0 amide bonds. The molecule has 1 heterocycles. The fourth-order valence-corrected chi connectivity index (χ4v) is 2.60. The molecule has 1 aromatic carbocycles. The van der Waals surface area contributed by atoms with Crippen molar-refractivity contribution in [3.05, 3.63) is 23.2 Å². The summed E-state index contributed by atoms with van der Waals surface area (Å²) in [6.07, 6.45) is 0.829. The molecule has 0 aliphatic rings. The van der Waals surface area contributed by atoms with Crippen molar-refractivity contribution in [3.8, 4) is 22.1 Å². The van der Waals surface area contributed by atoms with Crippen LogP contribution >= 0.6 is 11.3 Å². The molecule has 1 aromatic heterocycles. The number of rotatable bonds is 6. The molecule has 108 valence electrons. The lowest BCUT2D eigenvalue weighted by Gasteiger charge is -2.05. The van der Waals surface area contributed by atoms with Gasteiger partial charge in [-0.1, -0.05) is 25.2 Å². The smallest absolute Gasteiger partial charge is 0.148 e. The van der Waals surface area contributed by atoms with Gasteiger partial charge in [0.2, 0.25) is 0 Å². The van der Waals surface area contributed by atoms with Crippen molar-refractivity contribution >= 4 is 11.3 Å². The van der Waals surface area contributed by atoms with Gasteiger partial charge in [-0.15, -0.1) is 10.2 Å². The zero-order chi connectivity index (χ0) is 14.5. The molecule has 0 spiro atoms. The molecule has 0 saturated heterocycles. The third-order valence-corrected chi connectivity index (χ3v) is 3.72. The van der Waals surface area contributed by atoms with Crippen LogP contribution in [0.3, 0.4) is 0 Å². The van der Waals surface area contributed by atoms with E-state index in [-0.39, 0.29) is 11.5 Å². The Kier molecular flexibility index (Phi) is 4.92. The number of aromatic hydroxyl groups is 2. The normalized spacial score (nSPS) is 11.2. The fraction of sp³-hybridized carbons (Fsp3) is 0.429. The Hall–Kier alpha value is -1.66. The maximum absolute atomic E-state index is 9.47. The second kappa shape index (κ2) is 6.67. The topological polar surface area (TPSA) is 78.3 Å². The first-order valence-corrected chi connectivity index (χ1v) is 7.42. The van der Waals surface area contributed by atoms with Gasteiger partial charge in [0, 0.05) is 24.6 Å². The van der Waals surface area contributed by atoms with Crippen molar-refractivity contribution in [1.29, 1.82) is 0 Å². The van der Waals surface area contributed by atoms with Gasteiger partial charge >= 0.3 is 0 Å². The van der Waals surface area contributed by atoms with Crippen LogP contribution in [0, 0.1) is 5.92 Å². The molecule has 0 aliphatic heterocycles. The number of hydrogen-bond acceptors (Lipinski definition) is 6. The largest absolute Gasteiger partial charge is 0.508 e. The summed E-state index contributed by atoms with van der Waals surface area (Å²) in [5.74, 6) is 0.681. The molecule has 0 aliphatic carbocycles. The van der Waals surface area contributed by atoms with Crippen molar-refractivity contribution in [1.82, 2.24) is 15.5 Å². The highest BCUT2D eigenvalue weighted by molar-refractivity contribution is 7.14. The third kappa shape index (κ3) is 4.18. The molecule has 2 rings (SSSR count). The van der Waals surface area contributed by atoms with E-state index in [9.17, 15) is 10.2 Å². The molecule has 5 nitrogen and oxygen atoms in total. The maximum Gasteiger partial charge on any atom is 0.148 e. The van der Waals surface area contributed by atoms with Crippen molar-refractivity contribution < 1.29 is 10.2 Å². The Balaban J connectivity index is 1.98. The SMILES string of the molecule is CC(C)CNCCc1nnc(-c2cc(O)cc(O)c2)s1. The van der Waals surface area contributed by atoms with E-state index in [4.69, 9.17) is 0 Å². The summed E-state index contributed by atoms with van der Waals surface area (Å²) < 4.78 is 0. The highest BCUT2D eigenvalue weighted by atomic mass is 32.1. The molecule has 0 saturated carbocycles. The van der Waals surface area contributed by atoms with Gasteiger partial charge in [-0.05, 0) is 24.6 Å². The van der Waals surface area contributed by atoms with Crippen LogP contribution in [0.4, 0.5) is 0 Å². The minimum Gasteiger partial charge on any atom is -0.508 e. The van der Waals surface area contributed by atoms with Gasteiger partial charge in [0.05, 0.1) is 0 Å². The van der Waals surface area contributed by atoms with E-state index in [1.54, 1.807) is 12.1 Å². The minimum absolute atomic E-state index is 0.0235. The van der Waals surface area contributed by atoms with Crippen molar-refractivity contribution in [2.75, 3.05) is 13.1 Å². The van der Waals surface area contributed by atoms with Crippen LogP contribution < -0.4 is 5.32 Å². The Morgan fingerprint density at radius 1 is 1.15 bits per heavy atom. The number of aromatic nitrogens is 2. The van der Waals surface area contributed by atoms with E-state index in [0.29, 0.717) is 16.5 Å². The highest BCUT2D eigenvalue weighted by Gasteiger charge is 2.09. The predicted octanol–water partition coefficient (Wildman–Crippen LogP) is 2.40. The molecule has 0 radical (unpaired) electrons. The van der Waals surface area contributed by atoms with E-state index in [0.717, 1.165) is 24.5 Å². The summed E-state index contributed by atoms with van der Waals surface area (Å²) in [5.41, 5.74) is 0.682. The third-order valence-electron chi connectivity index (χ3n) is 2.68. The van der Waals surface area contributed by atoms with E-state index in [2.05, 4.69) is 29.4 Å². The van der Waals surface area contributed by atoms with E-state index >= 15 is 0 Å². The first-order chi connectivity index (χ1) is 9.54. The van der Waals surface area contributed by atoms with Gasteiger partial charge in [-0.25, -0.2) is 0 Å². The van der Waals surface area contributed by atoms with Gasteiger partial charge in [-0.2, -0.15) is 0 Å². The number of nitrogens with one attached hydrogen (secondary N) is 1. The van der Waals surface area contributed by atoms with Crippen molar-refractivity contribution in [2.24, 2.45) is 5.92 Å². The molecular weight excluding hydrogens is 274 g/mol. The van der Waals surface area contributed by atoms with Crippen LogP contribution in [0.5, 0.6) is 11.5 Å². The maximum atomic E-state index is 9.47. The summed E-state index contributed by atoms with van der Waals surface area (Å²) in [5, 5.41) is 32.2. The van der Waals surface area contributed by atoms with Crippen LogP contribution in [0.2, 0.25) is 0 Å². The first-order valence-electron chi connectivity index (χ1n) is 6.61. The van der Waals surface area contributed by atoms with Crippen LogP contribution in [0.1, 0.15) is 18.9 Å². The number of phenolic OH excluding ortho intramolecular Hbond substituents is 2. The van der Waals surface area contributed by atoms with E-state index in [1.165, 1.54) is 17.4 Å². The summed E-state index contributed by atoms with van der Waals surface area (Å²) >= 11 is 1.48. The van der Waals surface area contributed by atoms with Gasteiger partial charge in [-0.3, -0.25) is 0 Å². The van der Waals surface area contributed by atoms with E-state index in [1.807, 2.05) is 0 Å². The van der Waals surface area contributed by atoms with Gasteiger partial charge in [0.25, 0.3) is 0 Å². The lowest BCUT2D eigenvalue weighted by atomic mass is 10.2. The first kappa shape index (κ1) is 14.7. The summed E-state index contributed by atoms with van der Waals surface area (Å²) in [7, 11) is 0. The summed E-state index contributed by atoms with van der Waals surface area (Å²) in [6.45, 7) is 6.21. The van der Waals surface area contributed by atoms with E-state index < -0.39 is 0 Å². The molecule has 3 N–H and O–H groups in total. The summed E-state index contributed by atoms with van der Waals surface area (Å²) in [4.78, 5) is 0. The van der Waals surface area contributed by atoms with Crippen LogP contribution in [0.25, 0.3) is 10.6 Å². The fourth-order valence-electron chi connectivity index (χ4n) is 1.78. The standard InChI is InChI=1S/C14H19N3O2S/c1-9(2)8-15-4-3-13-16-17-14(20-13)10-5-11(18)7-12(19)6-10/h5-7,9,15,18-19H,3-4,8H2,1-2H3. The average Bonchev–Trinajstić information content (AvgIpc) is 2.82. The van der Waals surface area contributed by atoms with Crippen LogP contribution in [-0.2, 0) is 6.42 Å². The number of nitrogens with zero attached hydrogens (tertiary/aromatic N) is 2. The number of phenols is 2. The predicted molar refractivity (Wildman–Crippen MR) is 80.1 cm³/mol. The molecular formula is C14H19N3O2S. The van der Waals surface area contributed by atoms with Gasteiger partial charge < -0.3 is 15.5 Å². The Labute approximate surface area is 122 Å². The Morgan fingerprint density at radius 3 is 2.50 bits per heavy atom. The molecule has 20 heavy (non-hydrogen) atoms. The van der Waals surface area contributed by atoms with Crippen molar-refractivity contribution in [2.45, 2.75) is 20.3 Å². The Morgan fingerprint density at radius 2 is 1.85 bits per heavy atom. The van der Waals surface area contributed by atoms with Crippen LogP contribution in [-0.4, -0.2) is 33.5 Å². The van der Waals surface area contributed by atoms with Crippen molar-refractivity contribution in [3.63, 3.8) is 0 Å². The minimum atomic E-state index is 0.0235. The number of hydrogen-bond donors (Lipinski definition) is 3. The summed E-state index contributed by atoms with van der Waals surface area (Å²) in [6, 6.07) is 4.43. The molecule has 2 aromatic rings. The molecule has 6 heteroatoms. The zero-order valence-electron chi connectivity index (χ0n) is 11.6. The zero-order valence-corrected chi connectivity index (χ0v) is 12.4. The second-order valence-electron chi connectivity index (χ2n) is 5.09. The Bertz CT molecular complexity index is 549. The van der Waals surface area contributed by atoms with Gasteiger partial charge in [0.15, 0.2) is 0 Å². The van der Waals surface area contributed by atoms with Gasteiger partial charge in [0.1, 0.15) is 21.5 Å². The molecule has 0 atom stereocenters. The lowest BCUT2D eigenvalue weighted by Crippen LogP contribution is -2.22. The average molecular weight is 293 g/mol. The lowest BCUT2D eigenvalue weighted by molar-refractivity contribution is 0.451. The second-order valence-corrected chi connectivity index (χ2v) is 6.15. The molecule has 0 unspecified atom stereocenters. The quantitative estimate of drug-likeness (QED) is 0.713. The number of benzene rings is 1. The highest BCUT2D eigenvalue weighted by Crippen LogP contribution is 2.30. The molecule has 0 fully saturated rings. The van der Waals surface area contributed by atoms with Crippen LogP contribution in [0.15, 0.2) is 18.2 Å². The molecule has 0 bridgehead atoms.